The van der Waals surface area contributed by atoms with Crippen molar-refractivity contribution < 1.29 is 9.59 Å². The lowest BCUT2D eigenvalue weighted by molar-refractivity contribution is -0.160. The predicted molar refractivity (Wildman–Crippen MR) is 152 cm³/mol. The van der Waals surface area contributed by atoms with Crippen LogP contribution in [0.1, 0.15) is 78.6 Å². The zero-order valence-electron chi connectivity index (χ0n) is 23.3. The fraction of sp³-hybridized carbons (Fsp3) is 0.893. The zero-order chi connectivity index (χ0) is 25.5. The Labute approximate surface area is 230 Å². The lowest BCUT2D eigenvalue weighted by Crippen LogP contribution is -2.61. The van der Waals surface area contributed by atoms with Crippen LogP contribution in [0, 0.1) is 34.5 Å². The number of nitrogens with one attached hydrogen (secondary N) is 1. The average Bonchev–Trinajstić information content (AvgIpc) is 3.16. The maximum absolute atomic E-state index is 14.1. The van der Waals surface area contributed by atoms with Crippen molar-refractivity contribution in [1.29, 1.82) is 0 Å². The number of nitrogens with zero attached hydrogens (tertiary/aromatic N) is 3. The summed E-state index contributed by atoms with van der Waals surface area (Å²) in [5, 5.41) is 3.85. The van der Waals surface area contributed by atoms with Crippen LogP contribution >= 0.6 is 24.6 Å². The van der Waals surface area contributed by atoms with Gasteiger partial charge in [0, 0.05) is 38.5 Å². The van der Waals surface area contributed by atoms with Gasteiger partial charge in [0.1, 0.15) is 0 Å². The SMILES string of the molecule is CCNC(=S)N(CCCN(C)C)C(=O)[C@H]1CC[C@H]2[C@@H]3CC[C@H]4N(C)C(=O)CC[C@]4(C)[C@H]3CC[C@]12C.Cl. The Hall–Kier alpha value is -0.920. The molecule has 2 amide bonds. The van der Waals surface area contributed by atoms with Gasteiger partial charge < -0.3 is 15.1 Å². The van der Waals surface area contributed by atoms with Crippen LogP contribution in [0.15, 0.2) is 0 Å². The van der Waals surface area contributed by atoms with Crippen LogP contribution in [0.2, 0.25) is 0 Å². The fourth-order valence-corrected chi connectivity index (χ4v) is 9.17. The summed E-state index contributed by atoms with van der Waals surface area (Å²) < 4.78 is 0. The van der Waals surface area contributed by atoms with Crippen LogP contribution in [0.4, 0.5) is 0 Å². The van der Waals surface area contributed by atoms with Crippen molar-refractivity contribution in [2.24, 2.45) is 34.5 Å². The van der Waals surface area contributed by atoms with Gasteiger partial charge in [-0.25, -0.2) is 0 Å². The van der Waals surface area contributed by atoms with Gasteiger partial charge >= 0.3 is 0 Å². The molecule has 1 aliphatic heterocycles. The Balaban J connectivity index is 0.00000361. The molecule has 0 spiro atoms. The molecule has 7 atom stereocenters. The molecule has 6 nitrogen and oxygen atoms in total. The van der Waals surface area contributed by atoms with E-state index in [0.29, 0.717) is 47.8 Å². The molecule has 4 fully saturated rings. The highest BCUT2D eigenvalue weighted by Crippen LogP contribution is 2.66. The van der Waals surface area contributed by atoms with Crippen LogP contribution < -0.4 is 5.32 Å². The Morgan fingerprint density at radius 1 is 1.06 bits per heavy atom. The van der Waals surface area contributed by atoms with Crippen molar-refractivity contribution in [3.05, 3.63) is 0 Å². The minimum Gasteiger partial charge on any atom is -0.362 e. The van der Waals surface area contributed by atoms with Crippen LogP contribution in [0.5, 0.6) is 0 Å². The van der Waals surface area contributed by atoms with E-state index in [9.17, 15) is 9.59 Å². The third kappa shape index (κ3) is 5.05. The largest absolute Gasteiger partial charge is 0.362 e. The predicted octanol–water partition coefficient (Wildman–Crippen LogP) is 4.56. The number of halogens is 1. The lowest BCUT2D eigenvalue weighted by Gasteiger charge is -2.61. The molecule has 206 valence electrons. The van der Waals surface area contributed by atoms with Gasteiger partial charge in [0.2, 0.25) is 11.8 Å². The van der Waals surface area contributed by atoms with Gasteiger partial charge in [0.25, 0.3) is 0 Å². The summed E-state index contributed by atoms with van der Waals surface area (Å²) in [6, 6.07) is 0.387. The van der Waals surface area contributed by atoms with Gasteiger partial charge in [-0.3, -0.25) is 14.5 Å². The molecule has 0 unspecified atom stereocenters. The van der Waals surface area contributed by atoms with E-state index in [4.69, 9.17) is 12.2 Å². The molecule has 0 radical (unpaired) electrons. The second-order valence-electron chi connectivity index (χ2n) is 12.6. The summed E-state index contributed by atoms with van der Waals surface area (Å²) in [5.41, 5.74) is 0.277. The number of carbonyl (C=O) groups excluding carboxylic acids is 2. The van der Waals surface area contributed by atoms with Crippen LogP contribution in [-0.4, -0.2) is 78.4 Å². The third-order valence-electron chi connectivity index (χ3n) is 10.7. The van der Waals surface area contributed by atoms with E-state index < -0.39 is 0 Å². The molecule has 0 aromatic rings. The standard InChI is InChI=1S/C28H48N4O2S.ClH/c1-7-29-26(35)32(18-8-17-30(4)5)25(34)22-11-10-20-19-9-12-23-28(3,16-14-24(33)31(23)6)21(19)13-15-27(20,22)2;/h19-23H,7-18H2,1-6H3,(H,29,35);1H/t19-,20-,21-,22+,23+,27-,28+;/m0./s1. The molecular weight excluding hydrogens is 492 g/mol. The second-order valence-corrected chi connectivity index (χ2v) is 13.0. The minimum atomic E-state index is 0. The summed E-state index contributed by atoms with van der Waals surface area (Å²) in [6.07, 6.45) is 9.42. The van der Waals surface area contributed by atoms with E-state index in [1.54, 1.807) is 0 Å². The number of carbonyl (C=O) groups is 2. The van der Waals surface area contributed by atoms with Crippen LogP contribution in [-0.2, 0) is 9.59 Å². The molecule has 0 aromatic heterocycles. The summed E-state index contributed by atoms with van der Waals surface area (Å²) in [4.78, 5) is 32.6. The van der Waals surface area contributed by atoms with Gasteiger partial charge in [-0.1, -0.05) is 13.8 Å². The van der Waals surface area contributed by atoms with Gasteiger partial charge in [-0.15, -0.1) is 12.4 Å². The first kappa shape index (κ1) is 29.6. The highest BCUT2D eigenvalue weighted by atomic mass is 35.5. The number of hydrogen-bond acceptors (Lipinski definition) is 4. The normalized spacial score (nSPS) is 37.5. The van der Waals surface area contributed by atoms with Crippen molar-refractivity contribution in [2.75, 3.05) is 40.8 Å². The van der Waals surface area contributed by atoms with Gasteiger partial charge in [-0.2, -0.15) is 0 Å². The molecule has 4 rings (SSSR count). The van der Waals surface area contributed by atoms with Crippen molar-refractivity contribution in [3.8, 4) is 0 Å². The number of likely N-dealkylation sites (tertiary alicyclic amines) is 1. The van der Waals surface area contributed by atoms with Crippen LogP contribution in [0.25, 0.3) is 0 Å². The van der Waals surface area contributed by atoms with Crippen molar-refractivity contribution in [3.63, 3.8) is 0 Å². The Bertz CT molecular complexity index is 840. The molecule has 1 saturated heterocycles. The highest BCUT2D eigenvalue weighted by Gasteiger charge is 2.62. The first-order chi connectivity index (χ1) is 16.5. The average molecular weight is 541 g/mol. The minimum absolute atomic E-state index is 0. The number of fused-ring (bicyclic) bond motifs is 5. The molecule has 0 aromatic carbocycles. The summed E-state index contributed by atoms with van der Waals surface area (Å²) in [6.45, 7) is 9.30. The molecule has 0 bridgehead atoms. The molecule has 3 aliphatic carbocycles. The maximum Gasteiger partial charge on any atom is 0.232 e. The first-order valence-corrected chi connectivity index (χ1v) is 14.4. The second kappa shape index (κ2) is 11.4. The number of piperidine rings is 1. The fourth-order valence-electron chi connectivity index (χ4n) is 8.85. The zero-order valence-corrected chi connectivity index (χ0v) is 25.0. The number of thiocarbonyl (C=S) groups is 1. The van der Waals surface area contributed by atoms with Crippen molar-refractivity contribution in [2.45, 2.75) is 84.6 Å². The summed E-state index contributed by atoms with van der Waals surface area (Å²) in [7, 11) is 6.18. The molecular formula is C28H49ClN4O2S. The molecule has 1 N–H and O–H groups in total. The Morgan fingerprint density at radius 2 is 1.75 bits per heavy atom. The molecule has 8 heteroatoms. The first-order valence-electron chi connectivity index (χ1n) is 14.0. The number of amides is 2. The van der Waals surface area contributed by atoms with E-state index in [-0.39, 0.29) is 35.1 Å². The smallest absolute Gasteiger partial charge is 0.232 e. The Kier molecular flexibility index (Phi) is 9.42. The highest BCUT2D eigenvalue weighted by molar-refractivity contribution is 7.80. The summed E-state index contributed by atoms with van der Waals surface area (Å²) in [5.74, 6) is 2.59. The number of rotatable bonds is 6. The Morgan fingerprint density at radius 3 is 2.42 bits per heavy atom. The maximum atomic E-state index is 14.1. The topological polar surface area (TPSA) is 55.9 Å². The van der Waals surface area contributed by atoms with Crippen molar-refractivity contribution in [1.82, 2.24) is 20.0 Å². The monoisotopic (exact) mass is 540 g/mol. The molecule has 1 heterocycles. The molecule has 36 heavy (non-hydrogen) atoms. The lowest BCUT2D eigenvalue weighted by atomic mass is 9.47. The number of hydrogen-bond donors (Lipinski definition) is 1. The van der Waals surface area contributed by atoms with Crippen LogP contribution in [0.3, 0.4) is 0 Å². The molecule has 4 aliphatic rings. The van der Waals surface area contributed by atoms with E-state index in [2.05, 4.69) is 43.1 Å². The third-order valence-corrected chi connectivity index (χ3v) is 11.0. The summed E-state index contributed by atoms with van der Waals surface area (Å²) >= 11 is 5.69. The van der Waals surface area contributed by atoms with E-state index >= 15 is 0 Å². The van der Waals surface area contributed by atoms with E-state index in [1.165, 1.54) is 12.8 Å². The van der Waals surface area contributed by atoms with E-state index in [1.807, 2.05) is 18.9 Å². The molecule has 3 saturated carbocycles. The van der Waals surface area contributed by atoms with E-state index in [0.717, 1.165) is 51.6 Å². The van der Waals surface area contributed by atoms with Gasteiger partial charge in [0.05, 0.1) is 0 Å². The van der Waals surface area contributed by atoms with Crippen molar-refractivity contribution >= 4 is 41.6 Å². The quantitative estimate of drug-likeness (QED) is 0.500. The van der Waals surface area contributed by atoms with Gasteiger partial charge in [-0.05, 0) is 120 Å². The van der Waals surface area contributed by atoms with Gasteiger partial charge in [0.15, 0.2) is 5.11 Å².